The Hall–Kier alpha value is -7.40. The zero-order valence-electron chi connectivity index (χ0n) is 31.5. The molecule has 0 saturated carbocycles. The van der Waals surface area contributed by atoms with E-state index in [0.29, 0.717) is 0 Å². The van der Waals surface area contributed by atoms with Crippen molar-refractivity contribution in [2.24, 2.45) is 0 Å². The molecule has 0 atom stereocenters. The van der Waals surface area contributed by atoms with Gasteiger partial charge in [0.15, 0.2) is 0 Å². The summed E-state index contributed by atoms with van der Waals surface area (Å²) in [6.07, 6.45) is 0. The van der Waals surface area contributed by atoms with Gasteiger partial charge in [0, 0.05) is 53.6 Å². The van der Waals surface area contributed by atoms with Gasteiger partial charge in [-0.15, -0.1) is 11.3 Å². The average Bonchev–Trinajstić information content (AvgIpc) is 3.68. The van der Waals surface area contributed by atoms with E-state index in [2.05, 4.69) is 205 Å². The smallest absolute Gasteiger partial charge is 0.0973 e. The monoisotopic (exact) mass is 757 g/mol. The van der Waals surface area contributed by atoms with E-state index < -0.39 is 0 Å². The molecule has 2 heterocycles. The number of rotatable bonds is 7. The van der Waals surface area contributed by atoms with Crippen molar-refractivity contribution in [2.75, 3.05) is 4.90 Å². The summed E-state index contributed by atoms with van der Waals surface area (Å²) in [5.41, 5.74) is 13.6. The second-order valence-corrected chi connectivity index (χ2v) is 15.7. The van der Waals surface area contributed by atoms with E-state index in [1.54, 1.807) is 0 Å². The second-order valence-electron chi connectivity index (χ2n) is 14.6. The topological polar surface area (TPSA) is 29.0 Å². The van der Waals surface area contributed by atoms with Crippen LogP contribution in [-0.2, 0) is 0 Å². The number of aromatic nitrogens is 2. The van der Waals surface area contributed by atoms with Crippen LogP contribution < -0.4 is 4.90 Å². The van der Waals surface area contributed by atoms with Crippen LogP contribution in [0.3, 0.4) is 0 Å². The van der Waals surface area contributed by atoms with Gasteiger partial charge in [-0.1, -0.05) is 164 Å². The highest BCUT2D eigenvalue weighted by molar-refractivity contribution is 7.25. The third-order valence-corrected chi connectivity index (χ3v) is 12.2. The first-order chi connectivity index (χ1) is 28.7. The van der Waals surface area contributed by atoms with Gasteiger partial charge in [0.1, 0.15) is 0 Å². The summed E-state index contributed by atoms with van der Waals surface area (Å²) in [6, 6.07) is 75.7. The van der Waals surface area contributed by atoms with Crippen LogP contribution in [0.4, 0.5) is 17.1 Å². The standard InChI is InChI=1S/C54H35N3S/c1-4-15-36(16-5-1)39-21-14-22-40(33-39)44-23-10-12-25-49(44)57(43-29-31-47-46-24-11-13-26-50(46)58-51(47)35-43)42-28-30-45-41(34-42)27-32-48-54(45)56-53(38-19-8-3-9-20-38)52(55-48)37-17-6-2-7-18-37/h1-35H. The third-order valence-electron chi connectivity index (χ3n) is 11.0. The van der Waals surface area contributed by atoms with Crippen molar-refractivity contribution in [1.82, 2.24) is 9.97 Å². The van der Waals surface area contributed by atoms with Gasteiger partial charge in [-0.05, 0) is 70.6 Å². The normalized spacial score (nSPS) is 11.4. The highest BCUT2D eigenvalue weighted by atomic mass is 32.1. The van der Waals surface area contributed by atoms with E-state index >= 15 is 0 Å². The molecule has 0 aliphatic heterocycles. The van der Waals surface area contributed by atoms with Gasteiger partial charge in [-0.3, -0.25) is 0 Å². The predicted octanol–water partition coefficient (Wildman–Crippen LogP) is 15.3. The summed E-state index contributed by atoms with van der Waals surface area (Å²) >= 11 is 1.84. The van der Waals surface area contributed by atoms with Crippen LogP contribution >= 0.6 is 11.3 Å². The first-order valence-electron chi connectivity index (χ1n) is 19.6. The minimum atomic E-state index is 0.870. The summed E-state index contributed by atoms with van der Waals surface area (Å²) < 4.78 is 2.56. The Morgan fingerprint density at radius 3 is 1.72 bits per heavy atom. The molecule has 0 spiro atoms. The van der Waals surface area contributed by atoms with E-state index in [9.17, 15) is 0 Å². The van der Waals surface area contributed by atoms with Crippen molar-refractivity contribution in [3.63, 3.8) is 0 Å². The van der Waals surface area contributed by atoms with E-state index in [1.165, 1.54) is 31.3 Å². The fourth-order valence-corrected chi connectivity index (χ4v) is 9.40. The number of hydrogen-bond acceptors (Lipinski definition) is 4. The van der Waals surface area contributed by atoms with E-state index in [4.69, 9.17) is 9.97 Å². The van der Waals surface area contributed by atoms with Crippen LogP contribution in [0.25, 0.3) is 86.7 Å². The number of nitrogens with zero attached hydrogens (tertiary/aromatic N) is 3. The third kappa shape index (κ3) is 5.99. The number of hydrogen-bond donors (Lipinski definition) is 0. The van der Waals surface area contributed by atoms with Gasteiger partial charge in [-0.2, -0.15) is 0 Å². The van der Waals surface area contributed by atoms with Crippen LogP contribution in [0.5, 0.6) is 0 Å². The largest absolute Gasteiger partial charge is 0.310 e. The molecule has 0 saturated heterocycles. The van der Waals surface area contributed by atoms with E-state index in [-0.39, 0.29) is 0 Å². The summed E-state index contributed by atoms with van der Waals surface area (Å²) in [5, 5.41) is 4.74. The quantitative estimate of drug-likeness (QED) is 0.152. The molecule has 11 aromatic rings. The highest BCUT2D eigenvalue weighted by Gasteiger charge is 2.21. The molecule has 4 heteroatoms. The van der Waals surface area contributed by atoms with Crippen molar-refractivity contribution in [3.8, 4) is 44.8 Å². The van der Waals surface area contributed by atoms with Gasteiger partial charge in [0.05, 0.1) is 28.1 Å². The van der Waals surface area contributed by atoms with Crippen LogP contribution in [0.1, 0.15) is 0 Å². The maximum Gasteiger partial charge on any atom is 0.0973 e. The van der Waals surface area contributed by atoms with Gasteiger partial charge < -0.3 is 4.90 Å². The number of fused-ring (bicyclic) bond motifs is 6. The molecule has 0 aliphatic rings. The Labute approximate surface area is 340 Å². The molecule has 0 radical (unpaired) electrons. The molecular weight excluding hydrogens is 723 g/mol. The van der Waals surface area contributed by atoms with Crippen LogP contribution in [0.15, 0.2) is 212 Å². The number of thiophene rings is 1. The SMILES string of the molecule is c1ccc(-c2cccc(-c3ccccc3N(c3ccc4c(ccc5nc(-c6ccccc6)c(-c6ccccc6)nc54)c3)c3ccc4c(c3)sc3ccccc34)c2)cc1. The zero-order valence-corrected chi connectivity index (χ0v) is 32.3. The molecule has 9 aromatic carbocycles. The van der Waals surface area contributed by atoms with E-state index in [1.807, 2.05) is 23.5 Å². The molecular formula is C54H35N3S. The first kappa shape index (κ1) is 33.9. The lowest BCUT2D eigenvalue weighted by atomic mass is 9.97. The molecule has 58 heavy (non-hydrogen) atoms. The number of anilines is 3. The van der Waals surface area contributed by atoms with E-state index in [0.717, 1.165) is 72.5 Å². The van der Waals surface area contributed by atoms with Crippen molar-refractivity contribution < 1.29 is 0 Å². The Morgan fingerprint density at radius 2 is 0.948 bits per heavy atom. The van der Waals surface area contributed by atoms with Gasteiger partial charge >= 0.3 is 0 Å². The van der Waals surface area contributed by atoms with Gasteiger partial charge in [0.25, 0.3) is 0 Å². The average molecular weight is 758 g/mol. The van der Waals surface area contributed by atoms with Crippen molar-refractivity contribution in [3.05, 3.63) is 212 Å². The Bertz CT molecular complexity index is 3280. The number of para-hydroxylation sites is 1. The Kier molecular flexibility index (Phi) is 8.34. The van der Waals surface area contributed by atoms with Gasteiger partial charge in [0.2, 0.25) is 0 Å². The highest BCUT2D eigenvalue weighted by Crippen LogP contribution is 2.45. The molecule has 0 fully saturated rings. The predicted molar refractivity (Wildman–Crippen MR) is 246 cm³/mol. The molecule has 0 aliphatic carbocycles. The van der Waals surface area contributed by atoms with Crippen molar-refractivity contribution >= 4 is 70.4 Å². The molecule has 0 N–H and O–H groups in total. The summed E-state index contributed by atoms with van der Waals surface area (Å²) in [4.78, 5) is 13.1. The lowest BCUT2D eigenvalue weighted by Crippen LogP contribution is -2.11. The summed E-state index contributed by atoms with van der Waals surface area (Å²) in [6.45, 7) is 0. The van der Waals surface area contributed by atoms with Crippen molar-refractivity contribution in [2.45, 2.75) is 0 Å². The van der Waals surface area contributed by atoms with Crippen LogP contribution in [0.2, 0.25) is 0 Å². The Morgan fingerprint density at radius 1 is 0.362 bits per heavy atom. The minimum absolute atomic E-state index is 0.870. The fourth-order valence-electron chi connectivity index (χ4n) is 8.26. The fraction of sp³-hybridized carbons (Fsp3) is 0. The Balaban J connectivity index is 1.11. The van der Waals surface area contributed by atoms with Crippen LogP contribution in [0, 0.1) is 0 Å². The molecule has 0 bridgehead atoms. The summed E-state index contributed by atoms with van der Waals surface area (Å²) in [7, 11) is 0. The molecule has 3 nitrogen and oxygen atoms in total. The molecule has 0 unspecified atom stereocenters. The maximum absolute atomic E-state index is 5.41. The van der Waals surface area contributed by atoms with Crippen LogP contribution in [-0.4, -0.2) is 9.97 Å². The lowest BCUT2D eigenvalue weighted by Gasteiger charge is -2.28. The zero-order chi connectivity index (χ0) is 38.4. The number of benzene rings is 9. The molecule has 2 aromatic heterocycles. The summed E-state index contributed by atoms with van der Waals surface area (Å²) in [5.74, 6) is 0. The molecule has 0 amide bonds. The second kappa shape index (κ2) is 14.3. The lowest BCUT2D eigenvalue weighted by molar-refractivity contribution is 1.29. The van der Waals surface area contributed by atoms with Gasteiger partial charge in [-0.25, -0.2) is 9.97 Å². The molecule has 272 valence electrons. The maximum atomic E-state index is 5.41. The molecule has 11 rings (SSSR count). The first-order valence-corrected chi connectivity index (χ1v) is 20.4. The minimum Gasteiger partial charge on any atom is -0.310 e. The van der Waals surface area contributed by atoms with Crippen molar-refractivity contribution in [1.29, 1.82) is 0 Å².